The van der Waals surface area contributed by atoms with E-state index in [1.807, 2.05) is 45.3 Å². The molecular weight excluding hydrogens is 394 g/mol. The molecule has 0 heterocycles. The van der Waals surface area contributed by atoms with E-state index >= 15 is 0 Å². The largest absolute Gasteiger partial charge is 0.354 e. The van der Waals surface area contributed by atoms with Crippen LogP contribution in [-0.4, -0.2) is 48.9 Å². The van der Waals surface area contributed by atoms with Gasteiger partial charge in [0, 0.05) is 24.4 Å². The molecule has 30 heavy (non-hydrogen) atoms. The van der Waals surface area contributed by atoms with E-state index in [1.165, 1.54) is 22.9 Å². The molecule has 0 aromatic heterocycles. The second-order valence-corrected chi connectivity index (χ2v) is 8.70. The quantitative estimate of drug-likeness (QED) is 0.532. The van der Waals surface area contributed by atoms with Gasteiger partial charge in [0.05, 0.1) is 11.8 Å². The molecule has 5 nitrogen and oxygen atoms in total. The van der Waals surface area contributed by atoms with Gasteiger partial charge in [-0.15, -0.1) is 0 Å². The lowest BCUT2D eigenvalue weighted by Gasteiger charge is -2.25. The number of nitrogens with zero attached hydrogens (tertiary/aromatic N) is 1. The molecule has 2 rings (SSSR count). The van der Waals surface area contributed by atoms with Gasteiger partial charge in [0.2, 0.25) is 11.8 Å². The van der Waals surface area contributed by atoms with Crippen LogP contribution in [0.5, 0.6) is 0 Å². The predicted octanol–water partition coefficient (Wildman–Crippen LogP) is 4.04. The van der Waals surface area contributed by atoms with Crippen LogP contribution in [0.1, 0.15) is 36.1 Å². The monoisotopic (exact) mass is 427 g/mol. The maximum absolute atomic E-state index is 12.2. The average molecular weight is 428 g/mol. The van der Waals surface area contributed by atoms with Crippen LogP contribution in [0.25, 0.3) is 0 Å². The van der Waals surface area contributed by atoms with Gasteiger partial charge < -0.3 is 15.5 Å². The Balaban J connectivity index is 1.68. The molecule has 0 spiro atoms. The molecule has 0 saturated heterocycles. The minimum atomic E-state index is -0.0486. The first-order chi connectivity index (χ1) is 14.4. The topological polar surface area (TPSA) is 61.4 Å². The number of aryl methyl sites for hydroxylation is 2. The molecule has 162 valence electrons. The molecule has 0 aliphatic carbocycles. The zero-order valence-corrected chi connectivity index (χ0v) is 19.2. The van der Waals surface area contributed by atoms with Crippen LogP contribution in [0.2, 0.25) is 0 Å². The van der Waals surface area contributed by atoms with Crippen molar-refractivity contribution in [1.29, 1.82) is 0 Å². The second kappa shape index (κ2) is 12.4. The molecule has 0 radical (unpaired) electrons. The number of rotatable bonds is 11. The molecule has 2 N–H and O–H groups in total. The van der Waals surface area contributed by atoms with Crippen molar-refractivity contribution in [3.8, 4) is 0 Å². The number of benzene rings is 2. The van der Waals surface area contributed by atoms with Crippen molar-refractivity contribution < 1.29 is 9.59 Å². The van der Waals surface area contributed by atoms with E-state index in [-0.39, 0.29) is 17.9 Å². The predicted molar refractivity (Wildman–Crippen MR) is 127 cm³/mol. The van der Waals surface area contributed by atoms with Gasteiger partial charge in [-0.05, 0) is 50.7 Å². The zero-order chi connectivity index (χ0) is 21.9. The number of carbonyl (C=O) groups is 2. The fourth-order valence-electron chi connectivity index (χ4n) is 3.04. The summed E-state index contributed by atoms with van der Waals surface area (Å²) in [5.41, 5.74) is 4.46. The molecule has 0 aliphatic rings. The van der Waals surface area contributed by atoms with E-state index in [9.17, 15) is 9.59 Å². The number of hydrogen-bond acceptors (Lipinski definition) is 4. The molecule has 2 amide bonds. The Bertz CT molecular complexity index is 804. The summed E-state index contributed by atoms with van der Waals surface area (Å²) in [7, 11) is 4.04. The maximum atomic E-state index is 12.2. The summed E-state index contributed by atoms with van der Waals surface area (Å²) in [5.74, 6) is 0.918. The van der Waals surface area contributed by atoms with Crippen molar-refractivity contribution in [2.24, 2.45) is 0 Å². The van der Waals surface area contributed by atoms with Crippen molar-refractivity contribution in [2.75, 3.05) is 37.5 Å². The first kappa shape index (κ1) is 24.0. The van der Waals surface area contributed by atoms with Crippen molar-refractivity contribution in [3.05, 3.63) is 65.2 Å². The molecular formula is C24H33N3O2S. The molecule has 2 aromatic rings. The Kier molecular flexibility index (Phi) is 9.91. The van der Waals surface area contributed by atoms with Crippen LogP contribution in [0.15, 0.2) is 48.5 Å². The number of hydrogen-bond donors (Lipinski definition) is 2. The lowest BCUT2D eigenvalue weighted by molar-refractivity contribution is -0.121. The van der Waals surface area contributed by atoms with E-state index in [2.05, 4.69) is 46.7 Å². The molecule has 0 fully saturated rings. The van der Waals surface area contributed by atoms with Crippen molar-refractivity contribution >= 4 is 29.3 Å². The molecule has 2 aromatic carbocycles. The number of nitrogens with one attached hydrogen (secondary N) is 2. The van der Waals surface area contributed by atoms with Gasteiger partial charge >= 0.3 is 0 Å². The third kappa shape index (κ3) is 8.20. The highest BCUT2D eigenvalue weighted by Crippen LogP contribution is 2.18. The molecule has 6 heteroatoms. The SMILES string of the molecule is CCc1ccc(C(CNC(=O)CCSCC(=O)Nc2ccc(C)cc2)N(C)C)cc1. The van der Waals surface area contributed by atoms with E-state index in [0.29, 0.717) is 24.5 Å². The van der Waals surface area contributed by atoms with Gasteiger partial charge in [0.15, 0.2) is 0 Å². The molecule has 1 unspecified atom stereocenters. The van der Waals surface area contributed by atoms with E-state index < -0.39 is 0 Å². The Morgan fingerprint density at radius 1 is 1.00 bits per heavy atom. The Morgan fingerprint density at radius 3 is 2.27 bits per heavy atom. The van der Waals surface area contributed by atoms with E-state index in [1.54, 1.807) is 0 Å². The zero-order valence-electron chi connectivity index (χ0n) is 18.4. The number of anilines is 1. The highest BCUT2D eigenvalue weighted by Gasteiger charge is 2.15. The Morgan fingerprint density at radius 2 is 1.67 bits per heavy atom. The van der Waals surface area contributed by atoms with Crippen LogP contribution in [0.4, 0.5) is 5.69 Å². The highest BCUT2D eigenvalue weighted by atomic mass is 32.2. The van der Waals surface area contributed by atoms with Gasteiger partial charge in [0.25, 0.3) is 0 Å². The van der Waals surface area contributed by atoms with Crippen LogP contribution in [0, 0.1) is 6.92 Å². The minimum Gasteiger partial charge on any atom is -0.354 e. The first-order valence-corrected chi connectivity index (χ1v) is 11.5. The molecule has 0 aliphatic heterocycles. The molecule has 0 bridgehead atoms. The molecule has 1 atom stereocenters. The van der Waals surface area contributed by atoms with E-state index in [0.717, 1.165) is 17.7 Å². The summed E-state index contributed by atoms with van der Waals surface area (Å²) < 4.78 is 0. The van der Waals surface area contributed by atoms with Gasteiger partial charge in [-0.25, -0.2) is 0 Å². The maximum Gasteiger partial charge on any atom is 0.234 e. The summed E-state index contributed by atoms with van der Waals surface area (Å²) >= 11 is 1.47. The van der Waals surface area contributed by atoms with Gasteiger partial charge in [-0.1, -0.05) is 48.9 Å². The third-order valence-corrected chi connectivity index (χ3v) is 5.89. The van der Waals surface area contributed by atoms with Gasteiger partial charge in [-0.2, -0.15) is 11.8 Å². The lowest BCUT2D eigenvalue weighted by atomic mass is 10.0. The summed E-state index contributed by atoms with van der Waals surface area (Å²) in [6, 6.07) is 16.4. The summed E-state index contributed by atoms with van der Waals surface area (Å²) in [4.78, 5) is 26.3. The van der Waals surface area contributed by atoms with Crippen molar-refractivity contribution in [2.45, 2.75) is 32.7 Å². The molecule has 0 saturated carbocycles. The average Bonchev–Trinajstić information content (AvgIpc) is 2.73. The Hall–Kier alpha value is -2.31. The number of thioether (sulfide) groups is 1. The van der Waals surface area contributed by atoms with Crippen LogP contribution >= 0.6 is 11.8 Å². The minimum absolute atomic E-state index is 0.0125. The standard InChI is InChI=1S/C24H33N3O2S/c1-5-19-8-10-20(11-9-19)22(27(3)4)16-25-23(28)14-15-30-17-24(29)26-21-12-6-18(2)7-13-21/h6-13,22H,5,14-17H2,1-4H3,(H,25,28)(H,26,29). The normalized spacial score (nSPS) is 11.9. The Labute approximate surface area is 184 Å². The summed E-state index contributed by atoms with van der Waals surface area (Å²) in [6.07, 6.45) is 1.42. The van der Waals surface area contributed by atoms with Crippen molar-refractivity contribution in [1.82, 2.24) is 10.2 Å². The van der Waals surface area contributed by atoms with E-state index in [4.69, 9.17) is 0 Å². The highest BCUT2D eigenvalue weighted by molar-refractivity contribution is 7.99. The number of likely N-dealkylation sites (N-methyl/N-ethyl adjacent to an activating group) is 1. The third-order valence-electron chi connectivity index (χ3n) is 4.93. The smallest absolute Gasteiger partial charge is 0.234 e. The van der Waals surface area contributed by atoms with Crippen LogP contribution in [-0.2, 0) is 16.0 Å². The van der Waals surface area contributed by atoms with Gasteiger partial charge in [-0.3, -0.25) is 9.59 Å². The first-order valence-electron chi connectivity index (χ1n) is 10.3. The lowest BCUT2D eigenvalue weighted by Crippen LogP contribution is -2.34. The second-order valence-electron chi connectivity index (χ2n) is 7.60. The van der Waals surface area contributed by atoms with Crippen LogP contribution in [0.3, 0.4) is 0 Å². The summed E-state index contributed by atoms with van der Waals surface area (Å²) in [5, 5.41) is 5.90. The fourth-order valence-corrected chi connectivity index (χ4v) is 3.77. The number of carbonyl (C=O) groups excluding carboxylic acids is 2. The van der Waals surface area contributed by atoms with Gasteiger partial charge in [0.1, 0.15) is 0 Å². The fraction of sp³-hybridized carbons (Fsp3) is 0.417. The summed E-state index contributed by atoms with van der Waals surface area (Å²) in [6.45, 7) is 4.72. The van der Waals surface area contributed by atoms with Crippen LogP contribution < -0.4 is 10.6 Å². The van der Waals surface area contributed by atoms with Crippen molar-refractivity contribution in [3.63, 3.8) is 0 Å². The number of amides is 2.